The molecule has 0 spiro atoms. The van der Waals surface area contributed by atoms with Gasteiger partial charge in [-0.3, -0.25) is 4.79 Å². The fraction of sp³-hybridized carbons (Fsp3) is 0.200. The van der Waals surface area contributed by atoms with E-state index in [0.717, 1.165) is 5.69 Å². The highest BCUT2D eigenvalue weighted by Gasteiger charge is 2.30. The molecule has 0 saturated carbocycles. The molecule has 3 aromatic rings. The lowest BCUT2D eigenvalue weighted by molar-refractivity contribution is 0.0474. The van der Waals surface area contributed by atoms with Crippen LogP contribution in [0.4, 0.5) is 5.69 Å². The summed E-state index contributed by atoms with van der Waals surface area (Å²) in [7, 11) is -3.86. The van der Waals surface area contributed by atoms with Crippen LogP contribution < -0.4 is 4.90 Å². The van der Waals surface area contributed by atoms with Crippen LogP contribution >= 0.6 is 23.2 Å². The van der Waals surface area contributed by atoms with Crippen molar-refractivity contribution in [3.8, 4) is 0 Å². The molecule has 0 bridgehead atoms. The van der Waals surface area contributed by atoms with Crippen molar-refractivity contribution in [2.45, 2.75) is 4.90 Å². The predicted molar refractivity (Wildman–Crippen MR) is 135 cm³/mol. The SMILES string of the molecule is O=C(COC(=O)c1cc(S(=O)(=O)N2CCN(c3ccccc3)CC2)ccc1Cl)c1ccc(Cl)cc1. The molecule has 182 valence electrons. The minimum absolute atomic E-state index is 0.0294. The smallest absolute Gasteiger partial charge is 0.340 e. The summed E-state index contributed by atoms with van der Waals surface area (Å²) in [6.45, 7) is 1.16. The molecule has 1 saturated heterocycles. The number of ether oxygens (including phenoxy) is 1. The van der Waals surface area contributed by atoms with E-state index in [9.17, 15) is 18.0 Å². The highest BCUT2D eigenvalue weighted by molar-refractivity contribution is 7.89. The van der Waals surface area contributed by atoms with E-state index in [1.807, 2.05) is 30.3 Å². The maximum absolute atomic E-state index is 13.2. The summed E-state index contributed by atoms with van der Waals surface area (Å²) in [6, 6.07) is 19.8. The fourth-order valence-corrected chi connectivity index (χ4v) is 5.49. The Kier molecular flexibility index (Phi) is 7.76. The lowest BCUT2D eigenvalue weighted by Crippen LogP contribution is -2.48. The van der Waals surface area contributed by atoms with E-state index in [1.54, 1.807) is 12.1 Å². The number of anilines is 1. The van der Waals surface area contributed by atoms with Gasteiger partial charge in [-0.05, 0) is 54.6 Å². The first-order chi connectivity index (χ1) is 16.8. The molecule has 7 nitrogen and oxygen atoms in total. The van der Waals surface area contributed by atoms with Crippen molar-refractivity contribution in [2.24, 2.45) is 0 Å². The minimum Gasteiger partial charge on any atom is -0.454 e. The first-order valence-corrected chi connectivity index (χ1v) is 13.0. The van der Waals surface area contributed by atoms with Crippen LogP contribution in [0.5, 0.6) is 0 Å². The molecule has 0 N–H and O–H groups in total. The number of carbonyl (C=O) groups is 2. The molecule has 1 aliphatic heterocycles. The van der Waals surface area contributed by atoms with Crippen molar-refractivity contribution in [1.29, 1.82) is 0 Å². The number of piperazine rings is 1. The predicted octanol–water partition coefficient (Wildman–Crippen LogP) is 4.54. The first kappa shape index (κ1) is 25.2. The number of esters is 1. The zero-order valence-electron chi connectivity index (χ0n) is 18.6. The van der Waals surface area contributed by atoms with Crippen LogP contribution in [-0.2, 0) is 14.8 Å². The van der Waals surface area contributed by atoms with Crippen molar-refractivity contribution >= 4 is 50.7 Å². The van der Waals surface area contributed by atoms with Crippen molar-refractivity contribution in [1.82, 2.24) is 4.31 Å². The minimum atomic E-state index is -3.86. The summed E-state index contributed by atoms with van der Waals surface area (Å²) in [6.07, 6.45) is 0. The van der Waals surface area contributed by atoms with Gasteiger partial charge in [0.25, 0.3) is 0 Å². The van der Waals surface area contributed by atoms with Crippen LogP contribution in [0.3, 0.4) is 0 Å². The highest BCUT2D eigenvalue weighted by atomic mass is 35.5. The molecule has 1 fully saturated rings. The van der Waals surface area contributed by atoms with Gasteiger partial charge in [0.2, 0.25) is 10.0 Å². The number of halogens is 2. The van der Waals surface area contributed by atoms with E-state index in [0.29, 0.717) is 36.8 Å². The second-order valence-electron chi connectivity index (χ2n) is 7.87. The van der Waals surface area contributed by atoms with E-state index in [2.05, 4.69) is 4.90 Å². The van der Waals surface area contributed by atoms with Crippen LogP contribution in [0.1, 0.15) is 20.7 Å². The number of Topliss-reactive ketones (excluding diaryl/α,β-unsaturated/α-hetero) is 1. The van der Waals surface area contributed by atoms with E-state index >= 15 is 0 Å². The summed E-state index contributed by atoms with van der Waals surface area (Å²) >= 11 is 12.0. The molecule has 35 heavy (non-hydrogen) atoms. The lowest BCUT2D eigenvalue weighted by atomic mass is 10.1. The number of ketones is 1. The number of carbonyl (C=O) groups excluding carboxylic acids is 2. The Labute approximate surface area is 213 Å². The molecule has 0 atom stereocenters. The Bertz CT molecular complexity index is 1320. The van der Waals surface area contributed by atoms with Gasteiger partial charge < -0.3 is 9.64 Å². The van der Waals surface area contributed by atoms with Crippen molar-refractivity contribution in [2.75, 3.05) is 37.7 Å². The van der Waals surface area contributed by atoms with E-state index in [-0.39, 0.29) is 15.5 Å². The number of sulfonamides is 1. The molecule has 0 amide bonds. The molecule has 1 aliphatic rings. The second-order valence-corrected chi connectivity index (χ2v) is 10.7. The van der Waals surface area contributed by atoms with Gasteiger partial charge in [0.15, 0.2) is 12.4 Å². The monoisotopic (exact) mass is 532 g/mol. The summed E-state index contributed by atoms with van der Waals surface area (Å²) in [5.41, 5.74) is 1.24. The Balaban J connectivity index is 1.43. The third kappa shape index (κ3) is 5.85. The van der Waals surface area contributed by atoms with Gasteiger partial charge in [-0.25, -0.2) is 13.2 Å². The number of hydrogen-bond acceptors (Lipinski definition) is 6. The summed E-state index contributed by atoms with van der Waals surface area (Å²) in [4.78, 5) is 26.9. The molecular weight excluding hydrogens is 511 g/mol. The number of hydrogen-bond donors (Lipinski definition) is 0. The van der Waals surface area contributed by atoms with Gasteiger partial charge in [0.05, 0.1) is 15.5 Å². The molecule has 10 heteroatoms. The standard InChI is InChI=1S/C25H22Cl2N2O5S/c26-19-8-6-18(7-9-19)24(30)17-34-25(31)22-16-21(10-11-23(22)27)35(32,33)29-14-12-28(13-15-29)20-4-2-1-3-5-20/h1-11,16H,12-15,17H2. The molecule has 0 aliphatic carbocycles. The third-order valence-electron chi connectivity index (χ3n) is 5.66. The van der Waals surface area contributed by atoms with E-state index in [1.165, 1.54) is 34.6 Å². The molecule has 0 radical (unpaired) electrons. The third-order valence-corrected chi connectivity index (χ3v) is 8.13. The normalized spacial score (nSPS) is 14.5. The average Bonchev–Trinajstić information content (AvgIpc) is 2.88. The Hall–Kier alpha value is -2.91. The highest BCUT2D eigenvalue weighted by Crippen LogP contribution is 2.25. The molecule has 1 heterocycles. The van der Waals surface area contributed by atoms with Gasteiger partial charge in [0.1, 0.15) is 0 Å². The molecule has 3 aromatic carbocycles. The average molecular weight is 533 g/mol. The molecule has 0 aromatic heterocycles. The topological polar surface area (TPSA) is 84.0 Å². The Morgan fingerprint density at radius 3 is 2.17 bits per heavy atom. The number of para-hydroxylation sites is 1. The van der Waals surface area contributed by atoms with Crippen LogP contribution in [-0.4, -0.2) is 57.3 Å². The molecular formula is C25H22Cl2N2O5S. The Morgan fingerprint density at radius 1 is 0.857 bits per heavy atom. The molecule has 0 unspecified atom stereocenters. The van der Waals surface area contributed by atoms with Gasteiger partial charge in [-0.1, -0.05) is 41.4 Å². The van der Waals surface area contributed by atoms with E-state index < -0.39 is 28.4 Å². The van der Waals surface area contributed by atoms with Crippen molar-refractivity contribution in [3.63, 3.8) is 0 Å². The molecule has 4 rings (SSSR count). The quantitative estimate of drug-likeness (QED) is 0.328. The maximum Gasteiger partial charge on any atom is 0.340 e. The van der Waals surface area contributed by atoms with Crippen LogP contribution in [0.2, 0.25) is 10.0 Å². The van der Waals surface area contributed by atoms with Gasteiger partial charge >= 0.3 is 5.97 Å². The van der Waals surface area contributed by atoms with Crippen LogP contribution in [0, 0.1) is 0 Å². The van der Waals surface area contributed by atoms with Crippen molar-refractivity contribution < 1.29 is 22.7 Å². The lowest BCUT2D eigenvalue weighted by Gasteiger charge is -2.35. The van der Waals surface area contributed by atoms with E-state index in [4.69, 9.17) is 27.9 Å². The summed E-state index contributed by atoms with van der Waals surface area (Å²) in [5, 5.41) is 0.506. The zero-order valence-corrected chi connectivity index (χ0v) is 20.9. The number of nitrogens with zero attached hydrogens (tertiary/aromatic N) is 2. The number of rotatable bonds is 7. The van der Waals surface area contributed by atoms with Gasteiger partial charge in [-0.15, -0.1) is 0 Å². The number of benzene rings is 3. The van der Waals surface area contributed by atoms with Gasteiger partial charge in [-0.2, -0.15) is 4.31 Å². The summed E-state index contributed by atoms with van der Waals surface area (Å²) < 4.78 is 33.0. The first-order valence-electron chi connectivity index (χ1n) is 10.8. The maximum atomic E-state index is 13.2. The largest absolute Gasteiger partial charge is 0.454 e. The van der Waals surface area contributed by atoms with Gasteiger partial charge in [0, 0.05) is 42.5 Å². The summed E-state index contributed by atoms with van der Waals surface area (Å²) in [5.74, 6) is -1.31. The Morgan fingerprint density at radius 2 is 1.51 bits per heavy atom. The fourth-order valence-electron chi connectivity index (χ4n) is 3.72. The van der Waals surface area contributed by atoms with Crippen LogP contribution in [0.25, 0.3) is 0 Å². The second kappa shape index (κ2) is 10.8. The zero-order chi connectivity index (χ0) is 25.0. The van der Waals surface area contributed by atoms with Crippen LogP contribution in [0.15, 0.2) is 77.7 Å². The van der Waals surface area contributed by atoms with Crippen molar-refractivity contribution in [3.05, 3.63) is 94.0 Å².